The molecular formula is C47H39N. The fourth-order valence-electron chi connectivity index (χ4n) is 8.89. The third kappa shape index (κ3) is 3.79. The first-order chi connectivity index (χ1) is 23.2. The van der Waals surface area contributed by atoms with E-state index >= 15 is 0 Å². The molecule has 0 spiro atoms. The molecule has 1 N–H and O–H groups in total. The number of fused-ring (bicyclic) bond motifs is 10. The maximum absolute atomic E-state index is 4.14. The van der Waals surface area contributed by atoms with E-state index in [4.69, 9.17) is 0 Å². The summed E-state index contributed by atoms with van der Waals surface area (Å²) in [7, 11) is 0. The average Bonchev–Trinajstić information content (AvgIpc) is 3.47. The minimum Gasteiger partial charge on any atom is -0.355 e. The van der Waals surface area contributed by atoms with Gasteiger partial charge < -0.3 is 5.32 Å². The molecule has 0 atom stereocenters. The summed E-state index contributed by atoms with van der Waals surface area (Å²) >= 11 is 0. The van der Waals surface area contributed by atoms with Crippen molar-refractivity contribution >= 4 is 49.3 Å². The van der Waals surface area contributed by atoms with Crippen LogP contribution < -0.4 is 5.32 Å². The average molecular weight is 618 g/mol. The van der Waals surface area contributed by atoms with Gasteiger partial charge in [-0.2, -0.15) is 0 Å². The van der Waals surface area contributed by atoms with E-state index in [1.54, 1.807) is 0 Å². The Morgan fingerprint density at radius 3 is 1.79 bits per heavy atom. The summed E-state index contributed by atoms with van der Waals surface area (Å²) in [6, 6.07) is 43.0. The molecule has 0 amide bonds. The van der Waals surface area contributed by atoms with E-state index in [0.717, 1.165) is 16.9 Å². The zero-order valence-corrected chi connectivity index (χ0v) is 28.3. The molecule has 0 saturated carbocycles. The van der Waals surface area contributed by atoms with Crippen LogP contribution in [0.3, 0.4) is 0 Å². The molecule has 0 bridgehead atoms. The Kier molecular flexibility index (Phi) is 6.03. The second-order valence-corrected chi connectivity index (χ2v) is 14.6. The van der Waals surface area contributed by atoms with Crippen molar-refractivity contribution < 1.29 is 0 Å². The maximum Gasteiger partial charge on any atom is 0.0544 e. The second-order valence-electron chi connectivity index (χ2n) is 14.6. The molecule has 0 heterocycles. The monoisotopic (exact) mass is 617 g/mol. The van der Waals surface area contributed by atoms with Crippen molar-refractivity contribution in [3.05, 3.63) is 162 Å². The molecule has 0 radical (unpaired) electrons. The standard InChI is InChI=1S/C47H39N/c1-7-28(8-2)43-33-17-11-13-19-35(33)45(36-20-14-12-18-34(36)43)48-30-22-23-32-37-26-42-38(27-41(37)47(5,6)40(32)25-30)44-31-16-10-9-15-29(31)21-24-39(44)46(42,3)4/h7-27,48H,1H2,2-6H3/b28-8+. The second kappa shape index (κ2) is 10.1. The van der Waals surface area contributed by atoms with Gasteiger partial charge in [0.2, 0.25) is 0 Å². The predicted octanol–water partition coefficient (Wildman–Crippen LogP) is 13.1. The fourth-order valence-corrected chi connectivity index (χ4v) is 8.89. The number of hydrogen-bond donors (Lipinski definition) is 1. The highest BCUT2D eigenvalue weighted by Crippen LogP contribution is 2.57. The van der Waals surface area contributed by atoms with Crippen LogP contribution >= 0.6 is 0 Å². The van der Waals surface area contributed by atoms with E-state index in [2.05, 4.69) is 168 Å². The van der Waals surface area contributed by atoms with Crippen LogP contribution in [0.25, 0.3) is 60.1 Å². The minimum atomic E-state index is -0.145. The molecule has 7 aromatic carbocycles. The summed E-state index contributed by atoms with van der Waals surface area (Å²) in [5.41, 5.74) is 15.6. The van der Waals surface area contributed by atoms with Gasteiger partial charge in [-0.25, -0.2) is 0 Å². The molecule has 0 saturated heterocycles. The van der Waals surface area contributed by atoms with Crippen LogP contribution in [0.2, 0.25) is 0 Å². The highest BCUT2D eigenvalue weighted by molar-refractivity contribution is 6.19. The first kappa shape index (κ1) is 28.8. The summed E-state index contributed by atoms with van der Waals surface area (Å²) in [6.07, 6.45) is 4.13. The van der Waals surface area contributed by atoms with Crippen LogP contribution in [0.5, 0.6) is 0 Å². The van der Waals surface area contributed by atoms with Crippen LogP contribution in [0.15, 0.2) is 134 Å². The van der Waals surface area contributed by atoms with Gasteiger partial charge in [0.15, 0.2) is 0 Å². The molecule has 0 aliphatic heterocycles. The summed E-state index contributed by atoms with van der Waals surface area (Å²) in [6.45, 7) is 15.8. The largest absolute Gasteiger partial charge is 0.355 e. The number of hydrogen-bond acceptors (Lipinski definition) is 1. The van der Waals surface area contributed by atoms with Gasteiger partial charge in [-0.1, -0.05) is 137 Å². The van der Waals surface area contributed by atoms with E-state index in [1.165, 1.54) is 82.4 Å². The van der Waals surface area contributed by atoms with Crippen molar-refractivity contribution in [3.63, 3.8) is 0 Å². The van der Waals surface area contributed by atoms with Crippen molar-refractivity contribution in [3.8, 4) is 22.3 Å². The quantitative estimate of drug-likeness (QED) is 0.153. The number of allylic oxidation sites excluding steroid dienone is 3. The topological polar surface area (TPSA) is 12.0 Å². The van der Waals surface area contributed by atoms with Gasteiger partial charge >= 0.3 is 0 Å². The number of benzene rings is 7. The lowest BCUT2D eigenvalue weighted by molar-refractivity contribution is 0.652. The molecule has 1 nitrogen and oxygen atoms in total. The Balaban J connectivity index is 1.20. The zero-order chi connectivity index (χ0) is 32.9. The maximum atomic E-state index is 4.14. The molecule has 9 rings (SSSR count). The number of anilines is 2. The first-order valence-electron chi connectivity index (χ1n) is 17.1. The van der Waals surface area contributed by atoms with E-state index in [9.17, 15) is 0 Å². The highest BCUT2D eigenvalue weighted by Gasteiger charge is 2.42. The third-order valence-corrected chi connectivity index (χ3v) is 11.4. The van der Waals surface area contributed by atoms with Gasteiger partial charge in [-0.3, -0.25) is 0 Å². The SMILES string of the molecule is C=C/C(=C\C)c1c2ccccc2c(Nc2ccc3c(c2)C(C)(C)c2cc4c(cc2-3)C(C)(C)c2ccc3ccccc3c2-4)c2ccccc12. The Morgan fingerprint density at radius 1 is 0.562 bits per heavy atom. The van der Waals surface area contributed by atoms with E-state index in [-0.39, 0.29) is 10.8 Å². The van der Waals surface area contributed by atoms with Gasteiger partial charge in [-0.05, 0) is 108 Å². The number of rotatable bonds is 4. The molecule has 7 aromatic rings. The molecule has 2 aliphatic carbocycles. The Bertz CT molecular complexity index is 2500. The Morgan fingerprint density at radius 2 is 1.12 bits per heavy atom. The summed E-state index contributed by atoms with van der Waals surface area (Å²) in [4.78, 5) is 0. The fraction of sp³-hybridized carbons (Fsp3) is 0.149. The van der Waals surface area contributed by atoms with Gasteiger partial charge in [0.05, 0.1) is 5.69 Å². The molecule has 2 aliphatic rings. The minimum absolute atomic E-state index is 0.0647. The lowest BCUT2D eigenvalue weighted by atomic mass is 9.79. The molecule has 0 fully saturated rings. The van der Waals surface area contributed by atoms with Gasteiger partial charge in [0, 0.05) is 27.3 Å². The highest BCUT2D eigenvalue weighted by atomic mass is 14.9. The van der Waals surface area contributed by atoms with Crippen molar-refractivity contribution in [2.75, 3.05) is 5.32 Å². The van der Waals surface area contributed by atoms with Crippen molar-refractivity contribution in [2.45, 2.75) is 45.4 Å². The molecular weight excluding hydrogens is 579 g/mol. The molecule has 1 heteroatoms. The van der Waals surface area contributed by atoms with Gasteiger partial charge in [-0.15, -0.1) is 0 Å². The van der Waals surface area contributed by atoms with E-state index in [0.29, 0.717) is 0 Å². The molecule has 0 unspecified atom stereocenters. The smallest absolute Gasteiger partial charge is 0.0544 e. The van der Waals surface area contributed by atoms with Crippen molar-refractivity contribution in [1.29, 1.82) is 0 Å². The van der Waals surface area contributed by atoms with Crippen molar-refractivity contribution in [1.82, 2.24) is 0 Å². The molecule has 232 valence electrons. The van der Waals surface area contributed by atoms with Crippen LogP contribution in [0, 0.1) is 0 Å². The van der Waals surface area contributed by atoms with E-state index < -0.39 is 0 Å². The normalized spacial score (nSPS) is 15.3. The van der Waals surface area contributed by atoms with Crippen molar-refractivity contribution in [2.24, 2.45) is 0 Å². The van der Waals surface area contributed by atoms with Gasteiger partial charge in [0.1, 0.15) is 0 Å². The lowest BCUT2D eigenvalue weighted by Gasteiger charge is -2.24. The molecule has 0 aromatic heterocycles. The summed E-state index contributed by atoms with van der Waals surface area (Å²) < 4.78 is 0. The summed E-state index contributed by atoms with van der Waals surface area (Å²) in [5, 5.41) is 11.5. The van der Waals surface area contributed by atoms with Crippen LogP contribution in [-0.4, -0.2) is 0 Å². The summed E-state index contributed by atoms with van der Waals surface area (Å²) in [5.74, 6) is 0. The Hall–Kier alpha value is -5.40. The lowest BCUT2D eigenvalue weighted by Crippen LogP contribution is -2.17. The molecule has 48 heavy (non-hydrogen) atoms. The third-order valence-electron chi connectivity index (χ3n) is 11.4. The van der Waals surface area contributed by atoms with Gasteiger partial charge in [0.25, 0.3) is 0 Å². The predicted molar refractivity (Wildman–Crippen MR) is 208 cm³/mol. The zero-order valence-electron chi connectivity index (χ0n) is 28.3. The van der Waals surface area contributed by atoms with Crippen LogP contribution in [0.4, 0.5) is 11.4 Å². The Labute approximate surface area is 283 Å². The van der Waals surface area contributed by atoms with E-state index in [1.807, 2.05) is 6.08 Å². The van der Waals surface area contributed by atoms with Crippen LogP contribution in [-0.2, 0) is 10.8 Å². The van der Waals surface area contributed by atoms with Crippen LogP contribution in [0.1, 0.15) is 62.4 Å². The first-order valence-corrected chi connectivity index (χ1v) is 17.1. The number of nitrogens with one attached hydrogen (secondary N) is 1.